The second-order valence-electron chi connectivity index (χ2n) is 6.52. The predicted octanol–water partition coefficient (Wildman–Crippen LogP) is 1.67. The molecule has 0 aliphatic carbocycles. The van der Waals surface area contributed by atoms with Crippen LogP contribution < -0.4 is 11.1 Å². The van der Waals surface area contributed by atoms with Crippen LogP contribution in [0, 0.1) is 0 Å². The van der Waals surface area contributed by atoms with E-state index in [1.807, 2.05) is 19.1 Å². The molecule has 0 spiro atoms. The fraction of sp³-hybridized carbons (Fsp3) is 0.667. The molecule has 166 valence electrons. The smallest absolute Gasteiger partial charge is 0.251 e. The molecule has 8 nitrogen and oxygen atoms in total. The lowest BCUT2D eigenvalue weighted by atomic mass is 10.0. The Balaban J connectivity index is 2.08. The highest BCUT2D eigenvalue weighted by atomic mass is 16.7. The van der Waals surface area contributed by atoms with Gasteiger partial charge in [-0.25, -0.2) is 0 Å². The minimum absolute atomic E-state index is 0.119. The average Bonchev–Trinajstić information content (AvgIpc) is 2.76. The summed E-state index contributed by atoms with van der Waals surface area (Å²) >= 11 is 0. The van der Waals surface area contributed by atoms with Crippen molar-refractivity contribution >= 4 is 5.91 Å². The van der Waals surface area contributed by atoms with Gasteiger partial charge < -0.3 is 34.7 Å². The second-order valence-corrected chi connectivity index (χ2v) is 6.52. The van der Waals surface area contributed by atoms with Gasteiger partial charge in [0.2, 0.25) is 0 Å². The van der Waals surface area contributed by atoms with Crippen LogP contribution in [0.1, 0.15) is 35.7 Å². The molecular formula is C21H36N2O6. The minimum Gasteiger partial charge on any atom is -0.379 e. The topological polar surface area (TPSA) is 101 Å². The summed E-state index contributed by atoms with van der Waals surface area (Å²) in [5.41, 5.74) is 6.81. The molecule has 0 fully saturated rings. The number of carbonyl (C=O) groups is 1. The van der Waals surface area contributed by atoms with Crippen molar-refractivity contribution in [3.8, 4) is 0 Å². The zero-order valence-corrected chi connectivity index (χ0v) is 17.9. The van der Waals surface area contributed by atoms with Gasteiger partial charge in [0.25, 0.3) is 5.91 Å². The van der Waals surface area contributed by atoms with Crippen LogP contribution in [0.3, 0.4) is 0 Å². The first-order chi connectivity index (χ1) is 14.1. The Hall–Kier alpha value is -1.55. The summed E-state index contributed by atoms with van der Waals surface area (Å²) in [5.74, 6) is -0.945. The second kappa shape index (κ2) is 15.3. The molecule has 29 heavy (non-hydrogen) atoms. The summed E-state index contributed by atoms with van der Waals surface area (Å²) in [6.45, 7) is 6.43. The maximum absolute atomic E-state index is 12.2. The third-order valence-electron chi connectivity index (χ3n) is 4.44. The molecule has 1 aromatic carbocycles. The quantitative estimate of drug-likeness (QED) is 0.296. The summed E-state index contributed by atoms with van der Waals surface area (Å²) in [6, 6.07) is 7.17. The van der Waals surface area contributed by atoms with Crippen molar-refractivity contribution in [1.82, 2.24) is 5.32 Å². The highest BCUT2D eigenvalue weighted by molar-refractivity contribution is 5.94. The van der Waals surface area contributed by atoms with Crippen LogP contribution >= 0.6 is 0 Å². The lowest BCUT2D eigenvalue weighted by Crippen LogP contribution is -2.27. The lowest BCUT2D eigenvalue weighted by Gasteiger charge is -2.26. The van der Waals surface area contributed by atoms with E-state index in [4.69, 9.17) is 29.4 Å². The molecule has 0 saturated heterocycles. The molecule has 0 aliphatic heterocycles. The molecule has 1 rings (SSSR count). The van der Waals surface area contributed by atoms with Gasteiger partial charge >= 0.3 is 0 Å². The molecule has 1 amide bonds. The molecule has 0 heterocycles. The highest BCUT2D eigenvalue weighted by Crippen LogP contribution is 2.25. The molecule has 0 atom stereocenters. The number of amides is 1. The Morgan fingerprint density at radius 3 is 1.93 bits per heavy atom. The molecule has 1 aromatic rings. The minimum atomic E-state index is -0.826. The van der Waals surface area contributed by atoms with Crippen LogP contribution in [0.5, 0.6) is 0 Å². The Labute approximate surface area is 174 Å². The van der Waals surface area contributed by atoms with E-state index >= 15 is 0 Å². The predicted molar refractivity (Wildman–Crippen MR) is 111 cm³/mol. The largest absolute Gasteiger partial charge is 0.379 e. The third-order valence-corrected chi connectivity index (χ3v) is 4.44. The Morgan fingerprint density at radius 2 is 1.41 bits per heavy atom. The van der Waals surface area contributed by atoms with Crippen LogP contribution in [0.2, 0.25) is 0 Å². The van der Waals surface area contributed by atoms with Gasteiger partial charge in [0.15, 0.2) is 5.79 Å². The molecule has 0 aliphatic rings. The molecule has 0 aromatic heterocycles. The number of hydrogen-bond acceptors (Lipinski definition) is 7. The van der Waals surface area contributed by atoms with Gasteiger partial charge in [-0.2, -0.15) is 0 Å². The van der Waals surface area contributed by atoms with Crippen LogP contribution in [-0.2, 0) is 29.5 Å². The van der Waals surface area contributed by atoms with Gasteiger partial charge in [-0.15, -0.1) is 0 Å². The zero-order valence-electron chi connectivity index (χ0n) is 17.9. The van der Waals surface area contributed by atoms with Crippen molar-refractivity contribution in [2.75, 3.05) is 67.0 Å². The normalized spacial score (nSPS) is 11.6. The van der Waals surface area contributed by atoms with Crippen molar-refractivity contribution in [2.24, 2.45) is 5.73 Å². The van der Waals surface area contributed by atoms with E-state index in [1.54, 1.807) is 26.4 Å². The number of nitrogens with one attached hydrogen (secondary N) is 1. The summed E-state index contributed by atoms with van der Waals surface area (Å²) in [7, 11) is 3.16. The first-order valence-corrected chi connectivity index (χ1v) is 9.99. The highest BCUT2D eigenvalue weighted by Gasteiger charge is 2.25. The fourth-order valence-electron chi connectivity index (χ4n) is 2.45. The number of carbonyl (C=O) groups excluding carboxylic acids is 1. The molecule has 3 N–H and O–H groups in total. The van der Waals surface area contributed by atoms with Crippen molar-refractivity contribution in [2.45, 2.75) is 25.6 Å². The Kier molecular flexibility index (Phi) is 13.5. The van der Waals surface area contributed by atoms with Crippen LogP contribution in [0.4, 0.5) is 0 Å². The number of nitrogens with two attached hydrogens (primary N) is 1. The van der Waals surface area contributed by atoms with E-state index in [0.29, 0.717) is 58.3 Å². The number of rotatable bonds is 17. The van der Waals surface area contributed by atoms with E-state index in [-0.39, 0.29) is 5.91 Å². The number of benzene rings is 1. The van der Waals surface area contributed by atoms with E-state index in [0.717, 1.165) is 18.4 Å². The van der Waals surface area contributed by atoms with Gasteiger partial charge in [0, 0.05) is 45.1 Å². The summed E-state index contributed by atoms with van der Waals surface area (Å²) in [4.78, 5) is 12.2. The molecule has 0 saturated carbocycles. The zero-order chi connectivity index (χ0) is 21.4. The van der Waals surface area contributed by atoms with Crippen LogP contribution in [0.15, 0.2) is 24.3 Å². The number of ether oxygens (including phenoxy) is 5. The van der Waals surface area contributed by atoms with Crippen LogP contribution in [-0.4, -0.2) is 72.9 Å². The molecule has 0 bridgehead atoms. The van der Waals surface area contributed by atoms with Crippen molar-refractivity contribution in [1.29, 1.82) is 0 Å². The van der Waals surface area contributed by atoms with E-state index in [2.05, 4.69) is 5.32 Å². The maximum atomic E-state index is 12.2. The fourth-order valence-corrected chi connectivity index (χ4v) is 2.45. The summed E-state index contributed by atoms with van der Waals surface area (Å²) in [5, 5.41) is 2.88. The van der Waals surface area contributed by atoms with Gasteiger partial charge in [-0.3, -0.25) is 4.79 Å². The first-order valence-electron chi connectivity index (χ1n) is 9.99. The van der Waals surface area contributed by atoms with Crippen LogP contribution in [0.25, 0.3) is 0 Å². The molecule has 0 unspecified atom stereocenters. The van der Waals surface area contributed by atoms with Crippen molar-refractivity contribution in [3.63, 3.8) is 0 Å². The van der Waals surface area contributed by atoms with Crippen molar-refractivity contribution in [3.05, 3.63) is 35.4 Å². The van der Waals surface area contributed by atoms with Gasteiger partial charge in [0.1, 0.15) is 0 Å². The van der Waals surface area contributed by atoms with Gasteiger partial charge in [0.05, 0.1) is 26.4 Å². The third kappa shape index (κ3) is 10.2. The summed E-state index contributed by atoms with van der Waals surface area (Å²) < 4.78 is 26.9. The van der Waals surface area contributed by atoms with Gasteiger partial charge in [-0.1, -0.05) is 12.1 Å². The Bertz CT molecular complexity index is 549. The lowest BCUT2D eigenvalue weighted by molar-refractivity contribution is -0.201. The maximum Gasteiger partial charge on any atom is 0.251 e. The standard InChI is InChI=1S/C21H36N2O6/c1-21(25-2,26-3)19-8-6-18(7-9-19)20(24)23-11-5-13-28-15-17-29-16-14-27-12-4-10-22/h6-9H,4-5,10-17,22H2,1-3H3,(H,23,24). The van der Waals surface area contributed by atoms with E-state index < -0.39 is 5.79 Å². The average molecular weight is 413 g/mol. The van der Waals surface area contributed by atoms with E-state index in [9.17, 15) is 4.79 Å². The van der Waals surface area contributed by atoms with E-state index in [1.165, 1.54) is 0 Å². The van der Waals surface area contributed by atoms with Gasteiger partial charge in [-0.05, 0) is 38.4 Å². The Morgan fingerprint density at radius 1 is 0.897 bits per heavy atom. The SMILES string of the molecule is COC(C)(OC)c1ccc(C(=O)NCCCOCCOCCOCCCN)cc1. The first kappa shape index (κ1) is 25.5. The monoisotopic (exact) mass is 412 g/mol. The molecular weight excluding hydrogens is 376 g/mol. The molecule has 0 radical (unpaired) electrons. The van der Waals surface area contributed by atoms with Crippen molar-refractivity contribution < 1.29 is 28.5 Å². The number of methoxy groups -OCH3 is 2. The summed E-state index contributed by atoms with van der Waals surface area (Å²) in [6.07, 6.45) is 1.60. The molecule has 8 heteroatoms. The number of hydrogen-bond donors (Lipinski definition) is 2.